The van der Waals surface area contributed by atoms with E-state index in [1.54, 1.807) is 0 Å². The van der Waals surface area contributed by atoms with Crippen molar-refractivity contribution in [2.45, 2.75) is 40.7 Å². The topological polar surface area (TPSA) is 38.0 Å². The summed E-state index contributed by atoms with van der Waals surface area (Å²) in [7, 11) is 0. The van der Waals surface area contributed by atoms with Gasteiger partial charge in [0.15, 0.2) is 0 Å². The van der Waals surface area contributed by atoms with Crippen LogP contribution in [0.2, 0.25) is 0 Å². The lowest BCUT2D eigenvalue weighted by molar-refractivity contribution is 0.275. The van der Waals surface area contributed by atoms with Crippen LogP contribution < -0.4 is 0 Å². The molecular formula is C15H22N2O. The number of aromatic nitrogens is 2. The van der Waals surface area contributed by atoms with E-state index in [2.05, 4.69) is 44.4 Å². The van der Waals surface area contributed by atoms with Gasteiger partial charge in [-0.05, 0) is 43.0 Å². The molecule has 0 aliphatic carbocycles. The molecule has 0 atom stereocenters. The molecule has 0 aliphatic rings. The first-order valence-electron chi connectivity index (χ1n) is 6.60. The van der Waals surface area contributed by atoms with Crippen molar-refractivity contribution in [1.29, 1.82) is 0 Å². The lowest BCUT2D eigenvalue weighted by atomic mass is 10.1. The Morgan fingerprint density at radius 1 is 1.22 bits per heavy atom. The molecule has 2 aromatic rings. The molecule has 2 rings (SSSR count). The number of rotatable bonds is 4. The molecule has 0 aliphatic heterocycles. The predicted molar refractivity (Wildman–Crippen MR) is 74.8 cm³/mol. The van der Waals surface area contributed by atoms with Crippen LogP contribution in [0.3, 0.4) is 0 Å². The highest BCUT2D eigenvalue weighted by atomic mass is 16.3. The maximum atomic E-state index is 9.23. The van der Waals surface area contributed by atoms with Crippen LogP contribution in [0.5, 0.6) is 0 Å². The number of imidazole rings is 1. The fourth-order valence-electron chi connectivity index (χ4n) is 2.30. The van der Waals surface area contributed by atoms with Gasteiger partial charge in [0.2, 0.25) is 0 Å². The van der Waals surface area contributed by atoms with Gasteiger partial charge < -0.3 is 9.67 Å². The van der Waals surface area contributed by atoms with Gasteiger partial charge in [0.25, 0.3) is 0 Å². The van der Waals surface area contributed by atoms with Crippen molar-refractivity contribution in [3.63, 3.8) is 0 Å². The Bertz CT molecular complexity index is 555. The second kappa shape index (κ2) is 5.11. The fraction of sp³-hybridized carbons (Fsp3) is 0.533. The lowest BCUT2D eigenvalue weighted by Gasteiger charge is -2.09. The number of fused-ring (bicyclic) bond motifs is 1. The standard InChI is InChI=1S/C15H22N2O/c1-10(2)7-15-16-13-8-11(3)12(4)9-14(13)17(15)5-6-18/h8-10,18H,5-7H2,1-4H3. The minimum atomic E-state index is 0.156. The molecule has 0 unspecified atom stereocenters. The highest BCUT2D eigenvalue weighted by molar-refractivity contribution is 5.78. The van der Waals surface area contributed by atoms with Gasteiger partial charge in [0.1, 0.15) is 5.82 Å². The molecule has 0 saturated carbocycles. The number of aryl methyl sites for hydroxylation is 2. The van der Waals surface area contributed by atoms with E-state index >= 15 is 0 Å². The zero-order chi connectivity index (χ0) is 13.3. The van der Waals surface area contributed by atoms with E-state index in [1.807, 2.05) is 0 Å². The molecule has 0 bridgehead atoms. The van der Waals surface area contributed by atoms with Gasteiger partial charge >= 0.3 is 0 Å². The predicted octanol–water partition coefficient (Wildman–Crippen LogP) is 2.84. The van der Waals surface area contributed by atoms with E-state index in [4.69, 9.17) is 4.98 Å². The van der Waals surface area contributed by atoms with Gasteiger partial charge in [-0.1, -0.05) is 13.8 Å². The number of aliphatic hydroxyl groups excluding tert-OH is 1. The van der Waals surface area contributed by atoms with Crippen molar-refractivity contribution in [2.24, 2.45) is 5.92 Å². The first kappa shape index (κ1) is 13.1. The molecule has 1 aromatic carbocycles. The third kappa shape index (κ3) is 2.41. The molecule has 3 nitrogen and oxygen atoms in total. The van der Waals surface area contributed by atoms with Gasteiger partial charge in [-0.2, -0.15) is 0 Å². The molecule has 18 heavy (non-hydrogen) atoms. The number of aliphatic hydroxyl groups is 1. The molecule has 1 aromatic heterocycles. The van der Waals surface area contributed by atoms with Crippen LogP contribution in [-0.4, -0.2) is 21.3 Å². The van der Waals surface area contributed by atoms with E-state index in [1.165, 1.54) is 11.1 Å². The van der Waals surface area contributed by atoms with Crippen molar-refractivity contribution in [3.8, 4) is 0 Å². The summed E-state index contributed by atoms with van der Waals surface area (Å²) in [6.07, 6.45) is 0.951. The van der Waals surface area contributed by atoms with Crippen molar-refractivity contribution >= 4 is 11.0 Å². The molecule has 98 valence electrons. The maximum Gasteiger partial charge on any atom is 0.110 e. The molecular weight excluding hydrogens is 224 g/mol. The lowest BCUT2D eigenvalue weighted by Crippen LogP contribution is -2.09. The summed E-state index contributed by atoms with van der Waals surface area (Å²) in [6.45, 7) is 9.40. The summed E-state index contributed by atoms with van der Waals surface area (Å²) in [4.78, 5) is 4.73. The summed E-state index contributed by atoms with van der Waals surface area (Å²) < 4.78 is 2.15. The maximum absolute atomic E-state index is 9.23. The Morgan fingerprint density at radius 2 is 1.89 bits per heavy atom. The Morgan fingerprint density at radius 3 is 2.50 bits per heavy atom. The smallest absolute Gasteiger partial charge is 0.110 e. The van der Waals surface area contributed by atoms with Crippen molar-refractivity contribution in [3.05, 3.63) is 29.1 Å². The third-order valence-electron chi connectivity index (χ3n) is 3.36. The van der Waals surface area contributed by atoms with E-state index in [0.717, 1.165) is 23.3 Å². The molecule has 1 N–H and O–H groups in total. The van der Waals surface area contributed by atoms with Crippen LogP contribution in [0.1, 0.15) is 30.8 Å². The SMILES string of the molecule is Cc1cc2nc(CC(C)C)n(CCO)c2cc1C. The number of benzene rings is 1. The molecule has 0 spiro atoms. The number of nitrogens with zero attached hydrogens (tertiary/aromatic N) is 2. The van der Waals surface area contributed by atoms with E-state index in [0.29, 0.717) is 12.5 Å². The fourth-order valence-corrected chi connectivity index (χ4v) is 2.30. The summed E-state index contributed by atoms with van der Waals surface area (Å²) in [6, 6.07) is 4.32. The van der Waals surface area contributed by atoms with Gasteiger partial charge in [-0.3, -0.25) is 0 Å². The van der Waals surface area contributed by atoms with Gasteiger partial charge in [-0.15, -0.1) is 0 Å². The van der Waals surface area contributed by atoms with Gasteiger partial charge in [0.05, 0.1) is 17.6 Å². The summed E-state index contributed by atoms with van der Waals surface area (Å²) in [5, 5.41) is 9.23. The molecule has 0 amide bonds. The van der Waals surface area contributed by atoms with E-state index < -0.39 is 0 Å². The van der Waals surface area contributed by atoms with Gasteiger partial charge in [-0.25, -0.2) is 4.98 Å². The average Bonchev–Trinajstić information content (AvgIpc) is 2.58. The first-order chi connectivity index (χ1) is 8.52. The summed E-state index contributed by atoms with van der Waals surface area (Å²) in [5.74, 6) is 1.65. The largest absolute Gasteiger partial charge is 0.395 e. The second-order valence-electron chi connectivity index (χ2n) is 5.43. The Balaban J connectivity index is 2.59. The quantitative estimate of drug-likeness (QED) is 0.900. The van der Waals surface area contributed by atoms with Crippen LogP contribution >= 0.6 is 0 Å². The van der Waals surface area contributed by atoms with E-state index in [9.17, 15) is 5.11 Å². The van der Waals surface area contributed by atoms with Crippen LogP contribution in [0.25, 0.3) is 11.0 Å². The Labute approximate surface area is 108 Å². The molecule has 0 fully saturated rings. The minimum Gasteiger partial charge on any atom is -0.395 e. The minimum absolute atomic E-state index is 0.156. The van der Waals surface area contributed by atoms with Crippen LogP contribution in [0.15, 0.2) is 12.1 Å². The monoisotopic (exact) mass is 246 g/mol. The molecule has 3 heteroatoms. The first-order valence-corrected chi connectivity index (χ1v) is 6.60. The van der Waals surface area contributed by atoms with Crippen molar-refractivity contribution < 1.29 is 5.11 Å². The highest BCUT2D eigenvalue weighted by Gasteiger charge is 2.12. The van der Waals surface area contributed by atoms with Crippen molar-refractivity contribution in [1.82, 2.24) is 9.55 Å². The number of hydrogen-bond donors (Lipinski definition) is 1. The molecule has 1 heterocycles. The Kier molecular flexibility index (Phi) is 3.71. The van der Waals surface area contributed by atoms with Gasteiger partial charge in [0, 0.05) is 13.0 Å². The molecule has 0 saturated heterocycles. The normalized spacial score (nSPS) is 11.7. The zero-order valence-electron chi connectivity index (χ0n) is 11.7. The van der Waals surface area contributed by atoms with Crippen LogP contribution in [-0.2, 0) is 13.0 Å². The van der Waals surface area contributed by atoms with E-state index in [-0.39, 0.29) is 6.61 Å². The summed E-state index contributed by atoms with van der Waals surface area (Å²) >= 11 is 0. The number of hydrogen-bond acceptors (Lipinski definition) is 2. The highest BCUT2D eigenvalue weighted by Crippen LogP contribution is 2.22. The average molecular weight is 246 g/mol. The zero-order valence-corrected chi connectivity index (χ0v) is 11.7. The van der Waals surface area contributed by atoms with Crippen LogP contribution in [0.4, 0.5) is 0 Å². The Hall–Kier alpha value is -1.35. The third-order valence-corrected chi connectivity index (χ3v) is 3.36. The molecule has 0 radical (unpaired) electrons. The van der Waals surface area contributed by atoms with Crippen molar-refractivity contribution in [2.75, 3.05) is 6.61 Å². The van der Waals surface area contributed by atoms with Crippen LogP contribution in [0, 0.1) is 19.8 Å². The summed E-state index contributed by atoms with van der Waals surface area (Å²) in [5.41, 5.74) is 4.73. The second-order valence-corrected chi connectivity index (χ2v) is 5.43.